The van der Waals surface area contributed by atoms with Crippen molar-refractivity contribution >= 4 is 51.8 Å². The van der Waals surface area contributed by atoms with Crippen molar-refractivity contribution in [1.82, 2.24) is 20.3 Å². The van der Waals surface area contributed by atoms with E-state index < -0.39 is 10.0 Å². The Bertz CT molecular complexity index is 1010. The predicted molar refractivity (Wildman–Crippen MR) is 131 cm³/mol. The molecule has 1 saturated heterocycles. The van der Waals surface area contributed by atoms with Crippen molar-refractivity contribution in [2.24, 2.45) is 28.7 Å². The average molecular weight is 573 g/mol. The summed E-state index contributed by atoms with van der Waals surface area (Å²) in [4.78, 5) is 31.2. The molecule has 1 aliphatic heterocycles. The van der Waals surface area contributed by atoms with Gasteiger partial charge < -0.3 is 10.6 Å². The first-order valence-corrected chi connectivity index (χ1v) is 11.8. The van der Waals surface area contributed by atoms with Crippen LogP contribution in [0.2, 0.25) is 0 Å². The van der Waals surface area contributed by atoms with Crippen LogP contribution in [-0.4, -0.2) is 58.3 Å². The number of halogens is 1. The lowest BCUT2D eigenvalue weighted by atomic mass is 9.85. The van der Waals surface area contributed by atoms with E-state index in [9.17, 15) is 18.0 Å². The van der Waals surface area contributed by atoms with Crippen LogP contribution < -0.4 is 15.4 Å². The van der Waals surface area contributed by atoms with E-state index in [0.29, 0.717) is 25.6 Å². The lowest BCUT2D eigenvalue weighted by molar-refractivity contribution is -0.140. The first kappa shape index (κ1) is 24.6. The highest BCUT2D eigenvalue weighted by Gasteiger charge is 2.58. The number of fused-ring (bicyclic) bond motifs is 5. The lowest BCUT2D eigenvalue weighted by Gasteiger charge is -2.18. The first-order valence-electron chi connectivity index (χ1n) is 10.4. The van der Waals surface area contributed by atoms with Crippen LogP contribution in [0.3, 0.4) is 0 Å². The quantitative estimate of drug-likeness (QED) is 0.145. The van der Waals surface area contributed by atoms with Gasteiger partial charge in [-0.15, -0.1) is 24.0 Å². The van der Waals surface area contributed by atoms with Crippen LogP contribution in [0, 0.1) is 23.7 Å². The number of aliphatic imine (C=N–C) groups is 1. The number of imide groups is 1. The summed E-state index contributed by atoms with van der Waals surface area (Å²) in [6.45, 7) is 1.15. The number of sulfonamides is 1. The van der Waals surface area contributed by atoms with Crippen LogP contribution in [0.1, 0.15) is 12.0 Å². The Morgan fingerprint density at radius 3 is 2.19 bits per heavy atom. The number of allylic oxidation sites excluding steroid dienone is 2. The van der Waals surface area contributed by atoms with Gasteiger partial charge in [0.1, 0.15) is 0 Å². The summed E-state index contributed by atoms with van der Waals surface area (Å²) in [5.41, 5.74) is 0.888. The number of hydrogen-bond donors (Lipinski definition) is 3. The number of hydrogen-bond acceptors (Lipinski definition) is 5. The van der Waals surface area contributed by atoms with Gasteiger partial charge in [0.2, 0.25) is 21.8 Å². The van der Waals surface area contributed by atoms with E-state index in [1.165, 1.54) is 11.9 Å². The number of likely N-dealkylation sites (tertiary alicyclic amines) is 1. The second-order valence-corrected chi connectivity index (χ2v) is 9.92. The Balaban J connectivity index is 0.00000289. The van der Waals surface area contributed by atoms with Gasteiger partial charge in [0.05, 0.1) is 16.7 Å². The third-order valence-corrected chi connectivity index (χ3v) is 7.81. The second-order valence-electron chi connectivity index (χ2n) is 8.03. The minimum atomic E-state index is -3.46. The summed E-state index contributed by atoms with van der Waals surface area (Å²) in [5.74, 6) is 0.528. The van der Waals surface area contributed by atoms with Crippen LogP contribution in [-0.2, 0) is 26.2 Å². The molecular formula is C21H28IN5O4S. The van der Waals surface area contributed by atoms with E-state index in [-0.39, 0.29) is 64.4 Å². The highest BCUT2D eigenvalue weighted by atomic mass is 127. The molecule has 2 aliphatic carbocycles. The fourth-order valence-electron chi connectivity index (χ4n) is 4.78. The highest BCUT2D eigenvalue weighted by molar-refractivity contribution is 14.0. The molecule has 9 nitrogen and oxygen atoms in total. The first-order chi connectivity index (χ1) is 14.9. The summed E-state index contributed by atoms with van der Waals surface area (Å²) in [6.07, 6.45) is 5.10. The molecule has 1 aromatic carbocycles. The molecule has 1 aromatic rings. The van der Waals surface area contributed by atoms with Crippen molar-refractivity contribution < 1.29 is 18.0 Å². The fraction of sp³-hybridized carbons (Fsp3) is 0.476. The van der Waals surface area contributed by atoms with Crippen molar-refractivity contribution in [2.45, 2.75) is 17.9 Å². The molecule has 3 aliphatic rings. The SMILES string of the molecule is CN=C(NCCN1C(=O)C2C3C=CC(C3)C2C1=O)NCc1ccc(S(=O)(=O)NC)cc1.I. The number of nitrogens with one attached hydrogen (secondary N) is 3. The van der Waals surface area contributed by atoms with E-state index >= 15 is 0 Å². The number of carbonyl (C=O) groups is 2. The highest BCUT2D eigenvalue weighted by Crippen LogP contribution is 2.52. The Kier molecular flexibility index (Phi) is 7.61. The zero-order valence-electron chi connectivity index (χ0n) is 17.9. The van der Waals surface area contributed by atoms with Gasteiger partial charge in [-0.1, -0.05) is 24.3 Å². The third kappa shape index (κ3) is 4.55. The molecule has 0 radical (unpaired) electrons. The second kappa shape index (κ2) is 9.87. The Morgan fingerprint density at radius 2 is 1.66 bits per heavy atom. The van der Waals surface area contributed by atoms with Gasteiger partial charge in [0.15, 0.2) is 5.96 Å². The van der Waals surface area contributed by atoms with Gasteiger partial charge in [0, 0.05) is 26.7 Å². The molecule has 4 atom stereocenters. The zero-order valence-corrected chi connectivity index (χ0v) is 21.1. The molecule has 0 aromatic heterocycles. The molecule has 4 rings (SSSR count). The fourth-order valence-corrected chi connectivity index (χ4v) is 5.51. The Hall–Kier alpha value is -1.99. The van der Waals surface area contributed by atoms with Gasteiger partial charge in [-0.2, -0.15) is 0 Å². The molecule has 1 saturated carbocycles. The average Bonchev–Trinajstić information content (AvgIpc) is 3.46. The van der Waals surface area contributed by atoms with Crippen molar-refractivity contribution in [3.63, 3.8) is 0 Å². The lowest BCUT2D eigenvalue weighted by Crippen LogP contribution is -2.43. The largest absolute Gasteiger partial charge is 0.355 e. The number of carbonyl (C=O) groups excluding carboxylic acids is 2. The smallest absolute Gasteiger partial charge is 0.240 e. The number of benzene rings is 1. The van der Waals surface area contributed by atoms with E-state index in [2.05, 4.69) is 32.5 Å². The minimum absolute atomic E-state index is 0. The third-order valence-electron chi connectivity index (χ3n) is 6.38. The maximum atomic E-state index is 12.7. The molecule has 4 unspecified atom stereocenters. The number of guanidine groups is 1. The van der Waals surface area contributed by atoms with Crippen molar-refractivity contribution in [1.29, 1.82) is 0 Å². The molecule has 2 bridgehead atoms. The van der Waals surface area contributed by atoms with E-state index in [4.69, 9.17) is 0 Å². The molecule has 174 valence electrons. The van der Waals surface area contributed by atoms with Crippen molar-refractivity contribution in [2.75, 3.05) is 27.2 Å². The molecule has 2 amide bonds. The summed E-state index contributed by atoms with van der Waals surface area (Å²) in [6, 6.07) is 6.55. The van der Waals surface area contributed by atoms with Gasteiger partial charge in [0.25, 0.3) is 0 Å². The van der Waals surface area contributed by atoms with E-state index in [1.807, 2.05) is 0 Å². The molecule has 2 fully saturated rings. The zero-order chi connectivity index (χ0) is 22.2. The topological polar surface area (TPSA) is 120 Å². The standard InChI is InChI=1S/C21H27N5O4S.HI/c1-22-21(25-12-13-3-7-16(8-4-13)31(29,30)23-2)24-9-10-26-19(27)17-14-5-6-15(11-14)18(17)20(26)28;/h3-8,14-15,17-18,23H,9-12H2,1-2H3,(H2,22,24,25);1H. The summed E-state index contributed by atoms with van der Waals surface area (Å²) in [5, 5.41) is 6.27. The number of nitrogens with zero attached hydrogens (tertiary/aromatic N) is 2. The summed E-state index contributed by atoms with van der Waals surface area (Å²) < 4.78 is 25.9. The van der Waals surface area contributed by atoms with E-state index in [1.54, 1.807) is 31.3 Å². The maximum absolute atomic E-state index is 12.7. The summed E-state index contributed by atoms with van der Waals surface area (Å²) >= 11 is 0. The Labute approximate surface area is 205 Å². The molecular weight excluding hydrogens is 545 g/mol. The van der Waals surface area contributed by atoms with E-state index in [0.717, 1.165) is 12.0 Å². The molecule has 1 heterocycles. The monoisotopic (exact) mass is 573 g/mol. The summed E-state index contributed by atoms with van der Waals surface area (Å²) in [7, 11) is -0.450. The van der Waals surface area contributed by atoms with Crippen LogP contribution >= 0.6 is 24.0 Å². The van der Waals surface area contributed by atoms with Crippen molar-refractivity contribution in [3.05, 3.63) is 42.0 Å². The normalized spacial score (nSPS) is 26.3. The minimum Gasteiger partial charge on any atom is -0.355 e. The van der Waals surface area contributed by atoms with Gasteiger partial charge in [-0.05, 0) is 43.0 Å². The van der Waals surface area contributed by atoms with Crippen molar-refractivity contribution in [3.8, 4) is 0 Å². The molecule has 32 heavy (non-hydrogen) atoms. The molecule has 0 spiro atoms. The van der Waals surface area contributed by atoms with Crippen LogP contribution in [0.15, 0.2) is 46.3 Å². The van der Waals surface area contributed by atoms with Crippen LogP contribution in [0.4, 0.5) is 0 Å². The van der Waals surface area contributed by atoms with Gasteiger partial charge in [-0.3, -0.25) is 19.5 Å². The van der Waals surface area contributed by atoms with Crippen LogP contribution in [0.25, 0.3) is 0 Å². The van der Waals surface area contributed by atoms with Gasteiger partial charge >= 0.3 is 0 Å². The van der Waals surface area contributed by atoms with Crippen LogP contribution in [0.5, 0.6) is 0 Å². The Morgan fingerprint density at radius 1 is 1.06 bits per heavy atom. The predicted octanol–water partition coefficient (Wildman–Crippen LogP) is 0.685. The number of rotatable bonds is 7. The number of amides is 2. The van der Waals surface area contributed by atoms with Gasteiger partial charge in [-0.25, -0.2) is 13.1 Å². The molecule has 3 N–H and O–H groups in total. The molecule has 11 heteroatoms. The maximum Gasteiger partial charge on any atom is 0.240 e.